The van der Waals surface area contributed by atoms with Crippen molar-refractivity contribution in [2.75, 3.05) is 11.9 Å². The van der Waals surface area contributed by atoms with Crippen LogP contribution in [0.1, 0.15) is 12.8 Å². The van der Waals surface area contributed by atoms with Gasteiger partial charge < -0.3 is 10.6 Å². The number of nitrogens with zero attached hydrogens (tertiary/aromatic N) is 1. The molecule has 1 atom stereocenters. The number of rotatable bonds is 2. The zero-order chi connectivity index (χ0) is 12.5. The average molecular weight is 282 g/mol. The number of benzene rings is 1. The van der Waals surface area contributed by atoms with Crippen LogP contribution in [0, 0.1) is 0 Å². The molecule has 4 nitrogen and oxygen atoms in total. The molecule has 0 aliphatic carbocycles. The van der Waals surface area contributed by atoms with Gasteiger partial charge in [0.15, 0.2) is 0 Å². The van der Waals surface area contributed by atoms with Gasteiger partial charge in [-0.3, -0.25) is 4.79 Å². The van der Waals surface area contributed by atoms with Gasteiger partial charge in [0.2, 0.25) is 5.91 Å². The van der Waals surface area contributed by atoms with Crippen LogP contribution >= 0.6 is 22.9 Å². The Bertz CT molecular complexity index is 592. The van der Waals surface area contributed by atoms with Crippen LogP contribution in [-0.2, 0) is 4.79 Å². The number of amides is 1. The highest BCUT2D eigenvalue weighted by molar-refractivity contribution is 7.16. The Morgan fingerprint density at radius 2 is 2.44 bits per heavy atom. The summed E-state index contributed by atoms with van der Waals surface area (Å²) in [4.78, 5) is 16.3. The number of fused-ring (bicyclic) bond motifs is 1. The molecular formula is C12H12ClN3OS. The summed E-state index contributed by atoms with van der Waals surface area (Å²) in [6.07, 6.45) is 1.91. The predicted octanol–water partition coefficient (Wildman–Crippen LogP) is 2.64. The number of nitrogens with one attached hydrogen (secondary N) is 2. The number of carbonyl (C=O) groups is 1. The lowest BCUT2D eigenvalue weighted by Crippen LogP contribution is -2.35. The third-order valence-electron chi connectivity index (χ3n) is 3.08. The van der Waals surface area contributed by atoms with Crippen molar-refractivity contribution >= 4 is 44.7 Å². The summed E-state index contributed by atoms with van der Waals surface area (Å²) in [7, 11) is 0. The molecule has 1 amide bonds. The molecule has 2 heterocycles. The molecule has 0 saturated carbocycles. The predicted molar refractivity (Wildman–Crippen MR) is 74.3 cm³/mol. The Labute approximate surface area is 113 Å². The summed E-state index contributed by atoms with van der Waals surface area (Å²) in [6, 6.07) is 3.59. The van der Waals surface area contributed by atoms with E-state index in [1.807, 2.05) is 6.07 Å². The van der Waals surface area contributed by atoms with Crippen molar-refractivity contribution in [3.05, 3.63) is 22.7 Å². The lowest BCUT2D eigenvalue weighted by Gasteiger charge is -2.12. The summed E-state index contributed by atoms with van der Waals surface area (Å²) < 4.78 is 1.02. The normalized spacial score (nSPS) is 19.3. The van der Waals surface area contributed by atoms with Gasteiger partial charge in [-0.2, -0.15) is 0 Å². The van der Waals surface area contributed by atoms with E-state index in [0.717, 1.165) is 29.6 Å². The van der Waals surface area contributed by atoms with Gasteiger partial charge in [-0.15, -0.1) is 11.3 Å². The Kier molecular flexibility index (Phi) is 3.20. The molecule has 1 aromatic carbocycles. The minimum absolute atomic E-state index is 0.0325. The highest BCUT2D eigenvalue weighted by Gasteiger charge is 2.23. The van der Waals surface area contributed by atoms with Gasteiger partial charge in [0, 0.05) is 0 Å². The Morgan fingerprint density at radius 3 is 3.22 bits per heavy atom. The van der Waals surface area contributed by atoms with Crippen LogP contribution in [0.15, 0.2) is 17.6 Å². The van der Waals surface area contributed by atoms with Crippen molar-refractivity contribution in [1.29, 1.82) is 0 Å². The second kappa shape index (κ2) is 4.84. The molecule has 18 heavy (non-hydrogen) atoms. The number of carbonyl (C=O) groups excluding carboxylic acids is 1. The van der Waals surface area contributed by atoms with Crippen LogP contribution in [0.5, 0.6) is 0 Å². The fraction of sp³-hybridized carbons (Fsp3) is 0.333. The molecule has 0 spiro atoms. The number of hydrogen-bond donors (Lipinski definition) is 2. The Morgan fingerprint density at radius 1 is 1.56 bits per heavy atom. The molecule has 3 rings (SSSR count). The van der Waals surface area contributed by atoms with Crippen molar-refractivity contribution in [1.82, 2.24) is 10.3 Å². The maximum Gasteiger partial charge on any atom is 0.241 e. The molecule has 1 aromatic heterocycles. The van der Waals surface area contributed by atoms with Gasteiger partial charge in [-0.1, -0.05) is 11.6 Å². The molecule has 2 N–H and O–H groups in total. The second-order valence-corrected chi connectivity index (χ2v) is 5.55. The lowest BCUT2D eigenvalue weighted by molar-refractivity contribution is -0.117. The first-order valence-corrected chi connectivity index (χ1v) is 7.07. The van der Waals surface area contributed by atoms with Gasteiger partial charge in [0.1, 0.15) is 5.52 Å². The smallest absolute Gasteiger partial charge is 0.241 e. The molecule has 0 bridgehead atoms. The number of aromatic nitrogens is 1. The third-order valence-corrected chi connectivity index (χ3v) is 4.19. The molecule has 1 fully saturated rings. The van der Waals surface area contributed by atoms with Crippen LogP contribution < -0.4 is 10.6 Å². The van der Waals surface area contributed by atoms with Gasteiger partial charge >= 0.3 is 0 Å². The summed E-state index contributed by atoms with van der Waals surface area (Å²) in [5.74, 6) is -0.0325. The van der Waals surface area contributed by atoms with E-state index in [1.165, 1.54) is 11.3 Å². The van der Waals surface area contributed by atoms with E-state index in [0.29, 0.717) is 10.7 Å². The first kappa shape index (κ1) is 11.9. The van der Waals surface area contributed by atoms with E-state index < -0.39 is 0 Å². The van der Waals surface area contributed by atoms with Gasteiger partial charge in [-0.05, 0) is 31.5 Å². The molecule has 1 saturated heterocycles. The number of hydrogen-bond acceptors (Lipinski definition) is 4. The van der Waals surface area contributed by atoms with E-state index in [-0.39, 0.29) is 11.9 Å². The molecule has 6 heteroatoms. The minimum atomic E-state index is -0.116. The van der Waals surface area contributed by atoms with E-state index in [4.69, 9.17) is 11.6 Å². The van der Waals surface area contributed by atoms with Crippen molar-refractivity contribution in [2.45, 2.75) is 18.9 Å². The lowest BCUT2D eigenvalue weighted by atomic mass is 10.2. The fourth-order valence-corrected chi connectivity index (χ4v) is 3.03. The minimum Gasteiger partial charge on any atom is -0.322 e. The zero-order valence-electron chi connectivity index (χ0n) is 9.57. The van der Waals surface area contributed by atoms with E-state index in [2.05, 4.69) is 15.6 Å². The highest BCUT2D eigenvalue weighted by Crippen LogP contribution is 2.32. The van der Waals surface area contributed by atoms with Crippen molar-refractivity contribution < 1.29 is 4.79 Å². The fourth-order valence-electron chi connectivity index (χ4n) is 2.14. The summed E-state index contributed by atoms with van der Waals surface area (Å²) in [6.45, 7) is 0.896. The molecule has 94 valence electrons. The Balaban J connectivity index is 1.91. The molecule has 0 unspecified atom stereocenters. The van der Waals surface area contributed by atoms with Gasteiger partial charge in [-0.25, -0.2) is 4.98 Å². The van der Waals surface area contributed by atoms with Crippen LogP contribution in [0.3, 0.4) is 0 Å². The first-order valence-electron chi connectivity index (χ1n) is 5.81. The van der Waals surface area contributed by atoms with Crippen molar-refractivity contribution in [3.8, 4) is 0 Å². The summed E-state index contributed by atoms with van der Waals surface area (Å²) >= 11 is 7.67. The monoisotopic (exact) mass is 281 g/mol. The maximum absolute atomic E-state index is 12.1. The molecular weight excluding hydrogens is 270 g/mol. The number of thiazole rings is 1. The summed E-state index contributed by atoms with van der Waals surface area (Å²) in [5.41, 5.74) is 3.14. The van der Waals surface area contributed by atoms with E-state index in [1.54, 1.807) is 11.6 Å². The van der Waals surface area contributed by atoms with Crippen molar-refractivity contribution in [2.24, 2.45) is 0 Å². The van der Waals surface area contributed by atoms with Crippen LogP contribution in [-0.4, -0.2) is 23.5 Å². The summed E-state index contributed by atoms with van der Waals surface area (Å²) in [5, 5.41) is 6.58. The number of anilines is 1. The topological polar surface area (TPSA) is 54.0 Å². The van der Waals surface area contributed by atoms with Crippen molar-refractivity contribution in [3.63, 3.8) is 0 Å². The molecule has 2 aromatic rings. The SMILES string of the molecule is O=C(Nc1c(Cl)ccc2scnc12)[C@@H]1CCCN1. The molecule has 0 radical (unpaired) electrons. The van der Waals surface area contributed by atoms with E-state index in [9.17, 15) is 4.79 Å². The second-order valence-electron chi connectivity index (χ2n) is 4.26. The van der Waals surface area contributed by atoms with E-state index >= 15 is 0 Å². The van der Waals surface area contributed by atoms with Crippen LogP contribution in [0.25, 0.3) is 10.2 Å². The number of halogens is 1. The Hall–Kier alpha value is -1.17. The highest BCUT2D eigenvalue weighted by atomic mass is 35.5. The standard InChI is InChI=1S/C12H12ClN3OS/c13-7-3-4-9-11(15-6-18-9)10(7)16-12(17)8-2-1-5-14-8/h3-4,6,8,14H,1-2,5H2,(H,16,17)/t8-/m0/s1. The molecule has 1 aliphatic rings. The maximum atomic E-state index is 12.1. The average Bonchev–Trinajstić information content (AvgIpc) is 3.02. The quantitative estimate of drug-likeness (QED) is 0.890. The third kappa shape index (κ3) is 2.09. The van der Waals surface area contributed by atoms with Crippen LogP contribution in [0.4, 0.5) is 5.69 Å². The van der Waals surface area contributed by atoms with Crippen LogP contribution in [0.2, 0.25) is 5.02 Å². The van der Waals surface area contributed by atoms with Gasteiger partial charge in [0.05, 0.1) is 27.0 Å². The zero-order valence-corrected chi connectivity index (χ0v) is 11.1. The largest absolute Gasteiger partial charge is 0.322 e. The first-order chi connectivity index (χ1) is 8.75. The molecule has 1 aliphatic heterocycles. The van der Waals surface area contributed by atoms with Gasteiger partial charge in [0.25, 0.3) is 0 Å².